The second-order valence-corrected chi connectivity index (χ2v) is 9.41. The summed E-state index contributed by atoms with van der Waals surface area (Å²) < 4.78 is 1.83. The Kier molecular flexibility index (Phi) is 5.27. The van der Waals surface area contributed by atoms with Crippen LogP contribution in [0.3, 0.4) is 0 Å². The molecule has 0 unspecified atom stereocenters. The monoisotopic (exact) mass is 488 g/mol. The molecule has 0 radical (unpaired) electrons. The van der Waals surface area contributed by atoms with Crippen LogP contribution in [0.5, 0.6) is 0 Å². The number of fused-ring (bicyclic) bond motifs is 3. The Morgan fingerprint density at radius 3 is 2.29 bits per heavy atom. The first-order valence-corrected chi connectivity index (χ1v) is 12.0. The highest BCUT2D eigenvalue weighted by molar-refractivity contribution is 6.31. The molecule has 0 bridgehead atoms. The average molecular weight is 489 g/mol. The van der Waals surface area contributed by atoms with Crippen LogP contribution < -0.4 is 9.80 Å². The van der Waals surface area contributed by atoms with Gasteiger partial charge in [0.25, 0.3) is 0 Å². The highest BCUT2D eigenvalue weighted by Gasteiger charge is 2.23. The fraction of sp³-hybridized carbons (Fsp3) is 0.192. The molecule has 0 amide bonds. The van der Waals surface area contributed by atoms with Gasteiger partial charge in [-0.25, -0.2) is 4.98 Å². The standard InChI is InChI=1S/C26H22Cl2N6/c1-17-6-9-20(28)16-23(17)32-12-14-33(15-13-32)25-21-4-2-3-5-22(21)34-26(29-25)24(30-31-34)18-7-10-19(27)11-8-18/h2-11,16H,12-15H2,1H3. The van der Waals surface area contributed by atoms with Crippen molar-refractivity contribution in [3.05, 3.63) is 82.3 Å². The fourth-order valence-electron chi connectivity index (χ4n) is 4.67. The highest BCUT2D eigenvalue weighted by atomic mass is 35.5. The second kappa shape index (κ2) is 8.46. The van der Waals surface area contributed by atoms with Gasteiger partial charge in [-0.1, -0.05) is 58.7 Å². The molecule has 1 aliphatic heterocycles. The number of piperazine rings is 1. The van der Waals surface area contributed by atoms with Gasteiger partial charge in [-0.2, -0.15) is 4.52 Å². The van der Waals surface area contributed by atoms with E-state index in [0.717, 1.165) is 64.8 Å². The van der Waals surface area contributed by atoms with Crippen LogP contribution in [-0.2, 0) is 0 Å². The summed E-state index contributed by atoms with van der Waals surface area (Å²) in [6.45, 7) is 5.63. The molecule has 6 rings (SSSR count). The first kappa shape index (κ1) is 21.2. The van der Waals surface area contributed by atoms with Gasteiger partial charge in [0.1, 0.15) is 11.5 Å². The quantitative estimate of drug-likeness (QED) is 0.317. The molecule has 8 heteroatoms. The molecule has 2 aromatic heterocycles. The Morgan fingerprint density at radius 2 is 1.50 bits per heavy atom. The molecule has 1 fully saturated rings. The number of hydrogen-bond acceptors (Lipinski definition) is 5. The van der Waals surface area contributed by atoms with Crippen molar-refractivity contribution in [3.63, 3.8) is 0 Å². The van der Waals surface area contributed by atoms with Crippen molar-refractivity contribution in [2.24, 2.45) is 0 Å². The highest BCUT2D eigenvalue weighted by Crippen LogP contribution is 2.32. The minimum absolute atomic E-state index is 0.687. The van der Waals surface area contributed by atoms with Gasteiger partial charge in [-0.3, -0.25) is 0 Å². The first-order chi connectivity index (χ1) is 16.6. The van der Waals surface area contributed by atoms with Crippen molar-refractivity contribution in [2.75, 3.05) is 36.0 Å². The van der Waals surface area contributed by atoms with E-state index in [0.29, 0.717) is 5.02 Å². The number of hydrogen-bond donors (Lipinski definition) is 0. The van der Waals surface area contributed by atoms with Crippen LogP contribution in [0.15, 0.2) is 66.7 Å². The maximum Gasteiger partial charge on any atom is 0.186 e. The number of aryl methyl sites for hydroxylation is 1. The molecule has 0 spiro atoms. The number of aromatic nitrogens is 4. The smallest absolute Gasteiger partial charge is 0.186 e. The van der Waals surface area contributed by atoms with Crippen LogP contribution in [0.25, 0.3) is 27.8 Å². The molecule has 5 aromatic rings. The van der Waals surface area contributed by atoms with Crippen molar-refractivity contribution in [2.45, 2.75) is 6.92 Å². The summed E-state index contributed by atoms with van der Waals surface area (Å²) in [7, 11) is 0. The third-order valence-electron chi connectivity index (χ3n) is 6.44. The van der Waals surface area contributed by atoms with Gasteiger partial charge in [0.05, 0.1) is 5.52 Å². The van der Waals surface area contributed by atoms with Gasteiger partial charge >= 0.3 is 0 Å². The Bertz CT molecular complexity index is 1500. The lowest BCUT2D eigenvalue weighted by molar-refractivity contribution is 0.648. The third-order valence-corrected chi connectivity index (χ3v) is 6.93. The average Bonchev–Trinajstić information content (AvgIpc) is 3.30. The largest absolute Gasteiger partial charge is 0.368 e. The topological polar surface area (TPSA) is 49.6 Å². The van der Waals surface area contributed by atoms with Crippen molar-refractivity contribution in [1.29, 1.82) is 0 Å². The Balaban J connectivity index is 1.40. The zero-order valence-electron chi connectivity index (χ0n) is 18.6. The lowest BCUT2D eigenvalue weighted by Gasteiger charge is -2.37. The molecule has 1 saturated heterocycles. The van der Waals surface area contributed by atoms with Crippen LogP contribution in [0.2, 0.25) is 10.0 Å². The maximum absolute atomic E-state index is 6.28. The zero-order valence-corrected chi connectivity index (χ0v) is 20.1. The summed E-state index contributed by atoms with van der Waals surface area (Å²) in [5.41, 5.74) is 5.85. The summed E-state index contributed by atoms with van der Waals surface area (Å²) in [6.07, 6.45) is 0. The molecule has 3 aromatic carbocycles. The van der Waals surface area contributed by atoms with Crippen molar-refractivity contribution >= 4 is 51.3 Å². The molecule has 3 heterocycles. The lowest BCUT2D eigenvalue weighted by Crippen LogP contribution is -2.47. The predicted molar refractivity (Wildman–Crippen MR) is 139 cm³/mol. The molecule has 1 aliphatic rings. The minimum atomic E-state index is 0.687. The molecule has 6 nitrogen and oxygen atoms in total. The van der Waals surface area contributed by atoms with Crippen LogP contribution in [0.4, 0.5) is 11.5 Å². The second-order valence-electron chi connectivity index (χ2n) is 8.54. The van der Waals surface area contributed by atoms with Gasteiger partial charge in [-0.15, -0.1) is 5.10 Å². The fourth-order valence-corrected chi connectivity index (χ4v) is 4.96. The first-order valence-electron chi connectivity index (χ1n) is 11.2. The number of nitrogens with zero attached hydrogens (tertiary/aromatic N) is 6. The summed E-state index contributed by atoms with van der Waals surface area (Å²) in [5, 5.41) is 11.4. The van der Waals surface area contributed by atoms with Gasteiger partial charge in [-0.05, 0) is 48.9 Å². The van der Waals surface area contributed by atoms with E-state index in [1.165, 1.54) is 11.3 Å². The third kappa shape index (κ3) is 3.63. The minimum Gasteiger partial charge on any atom is -0.368 e. The number of halogens is 2. The summed E-state index contributed by atoms with van der Waals surface area (Å²) in [5.74, 6) is 0.961. The van der Waals surface area contributed by atoms with Crippen molar-refractivity contribution < 1.29 is 0 Å². The van der Waals surface area contributed by atoms with Gasteiger partial charge < -0.3 is 9.80 Å². The molecule has 34 heavy (non-hydrogen) atoms. The number of para-hydroxylation sites is 1. The molecule has 0 N–H and O–H groups in total. The SMILES string of the molecule is Cc1ccc(Cl)cc1N1CCN(c2nc3c(-c4ccc(Cl)cc4)nnn3c3ccccc23)CC1. The van der Waals surface area contributed by atoms with E-state index in [1.54, 1.807) is 0 Å². The zero-order chi connectivity index (χ0) is 23.2. The number of anilines is 2. The van der Waals surface area contributed by atoms with E-state index < -0.39 is 0 Å². The van der Waals surface area contributed by atoms with E-state index in [2.05, 4.69) is 51.3 Å². The Labute approximate surface area is 207 Å². The van der Waals surface area contributed by atoms with Crippen LogP contribution in [-0.4, -0.2) is 46.0 Å². The van der Waals surface area contributed by atoms with E-state index in [1.807, 2.05) is 47.0 Å². The molecular weight excluding hydrogens is 467 g/mol. The summed E-state index contributed by atoms with van der Waals surface area (Å²) >= 11 is 12.4. The number of benzene rings is 3. The van der Waals surface area contributed by atoms with Gasteiger partial charge in [0.15, 0.2) is 5.65 Å². The Morgan fingerprint density at radius 1 is 0.794 bits per heavy atom. The lowest BCUT2D eigenvalue weighted by atomic mass is 10.1. The van der Waals surface area contributed by atoms with Crippen molar-refractivity contribution in [3.8, 4) is 11.3 Å². The molecule has 0 aliphatic carbocycles. The van der Waals surface area contributed by atoms with E-state index in [4.69, 9.17) is 28.2 Å². The molecule has 0 saturated carbocycles. The van der Waals surface area contributed by atoms with Crippen LogP contribution in [0.1, 0.15) is 5.56 Å². The van der Waals surface area contributed by atoms with Crippen molar-refractivity contribution in [1.82, 2.24) is 19.8 Å². The molecule has 170 valence electrons. The van der Waals surface area contributed by atoms with E-state index in [-0.39, 0.29) is 0 Å². The van der Waals surface area contributed by atoms with Crippen LogP contribution in [0, 0.1) is 6.92 Å². The molecule has 0 atom stereocenters. The normalized spacial score (nSPS) is 14.3. The number of rotatable bonds is 3. The van der Waals surface area contributed by atoms with Gasteiger partial charge in [0.2, 0.25) is 0 Å². The summed E-state index contributed by atoms with van der Waals surface area (Å²) in [6, 6.07) is 22.0. The van der Waals surface area contributed by atoms with E-state index >= 15 is 0 Å². The molecular formula is C26H22Cl2N6. The van der Waals surface area contributed by atoms with Crippen LogP contribution >= 0.6 is 23.2 Å². The maximum atomic E-state index is 6.28. The van der Waals surface area contributed by atoms with Gasteiger partial charge in [0, 0.05) is 52.9 Å². The predicted octanol–water partition coefficient (Wildman–Crippen LogP) is 5.89. The van der Waals surface area contributed by atoms with E-state index in [9.17, 15) is 0 Å². The Hall–Kier alpha value is -3.35. The summed E-state index contributed by atoms with van der Waals surface area (Å²) in [4.78, 5) is 9.87.